The Morgan fingerprint density at radius 1 is 1.07 bits per heavy atom. The van der Waals surface area contributed by atoms with E-state index >= 15 is 0 Å². The highest BCUT2D eigenvalue weighted by molar-refractivity contribution is 6.32. The Morgan fingerprint density at radius 3 is 2.43 bits per heavy atom. The summed E-state index contributed by atoms with van der Waals surface area (Å²) >= 11 is 6.20. The molecule has 0 aliphatic heterocycles. The summed E-state index contributed by atoms with van der Waals surface area (Å²) < 4.78 is 5.49. The van der Waals surface area contributed by atoms with Crippen molar-refractivity contribution in [3.8, 4) is 5.75 Å². The first-order valence-electron chi connectivity index (χ1n) is 9.68. The fraction of sp³-hybridized carbons (Fsp3) is 0.318. The lowest BCUT2D eigenvalue weighted by Gasteiger charge is -2.19. The molecule has 2 aromatic rings. The fourth-order valence-corrected chi connectivity index (χ4v) is 2.99. The second-order valence-corrected chi connectivity index (χ2v) is 7.01. The normalized spacial score (nSPS) is 10.3. The third-order valence-corrected chi connectivity index (χ3v) is 4.67. The zero-order chi connectivity index (χ0) is 22.1. The van der Waals surface area contributed by atoms with Crippen molar-refractivity contribution >= 4 is 35.0 Å². The molecular formula is C22H26ClN3O4. The Bertz CT molecular complexity index is 913. The first-order chi connectivity index (χ1) is 14.3. The maximum atomic E-state index is 12.1. The van der Waals surface area contributed by atoms with E-state index in [0.29, 0.717) is 30.1 Å². The minimum Gasteiger partial charge on any atom is -0.482 e. The van der Waals surface area contributed by atoms with Crippen LogP contribution >= 0.6 is 11.6 Å². The molecule has 0 saturated heterocycles. The van der Waals surface area contributed by atoms with Crippen molar-refractivity contribution in [1.29, 1.82) is 0 Å². The minimum atomic E-state index is -0.391. The van der Waals surface area contributed by atoms with Gasteiger partial charge in [-0.05, 0) is 51.1 Å². The van der Waals surface area contributed by atoms with Gasteiger partial charge in [-0.15, -0.1) is 0 Å². The average molecular weight is 432 g/mol. The van der Waals surface area contributed by atoms with Crippen LogP contribution in [0.2, 0.25) is 5.02 Å². The Hall–Kier alpha value is -3.06. The number of carbonyl (C=O) groups is 3. The zero-order valence-corrected chi connectivity index (χ0v) is 18.1. The summed E-state index contributed by atoms with van der Waals surface area (Å²) in [5.41, 5.74) is 1.91. The SMILES string of the molecule is CCN(CC)C(=O)COc1ccc(NC(=O)CNC(=O)c2cccc(C)c2)cc1Cl. The number of ether oxygens (including phenoxy) is 1. The van der Waals surface area contributed by atoms with Gasteiger partial charge in [0.1, 0.15) is 5.75 Å². The number of halogens is 1. The number of aryl methyl sites for hydroxylation is 1. The molecule has 0 aliphatic carbocycles. The maximum Gasteiger partial charge on any atom is 0.260 e. The highest BCUT2D eigenvalue weighted by Crippen LogP contribution is 2.27. The first-order valence-corrected chi connectivity index (χ1v) is 10.1. The topological polar surface area (TPSA) is 87.7 Å². The number of hydrogen-bond acceptors (Lipinski definition) is 4. The highest BCUT2D eigenvalue weighted by Gasteiger charge is 2.13. The van der Waals surface area contributed by atoms with Crippen LogP contribution in [-0.4, -0.2) is 48.9 Å². The van der Waals surface area contributed by atoms with Gasteiger partial charge in [0.2, 0.25) is 5.91 Å². The number of benzene rings is 2. The molecule has 0 radical (unpaired) electrons. The van der Waals surface area contributed by atoms with Crippen LogP contribution in [0.25, 0.3) is 0 Å². The number of carbonyl (C=O) groups excluding carboxylic acids is 3. The van der Waals surface area contributed by atoms with Crippen LogP contribution < -0.4 is 15.4 Å². The van der Waals surface area contributed by atoms with Crippen molar-refractivity contribution in [1.82, 2.24) is 10.2 Å². The van der Waals surface area contributed by atoms with E-state index in [1.807, 2.05) is 26.8 Å². The van der Waals surface area contributed by atoms with Gasteiger partial charge >= 0.3 is 0 Å². The molecule has 2 N–H and O–H groups in total. The van der Waals surface area contributed by atoms with Gasteiger partial charge in [-0.3, -0.25) is 14.4 Å². The van der Waals surface area contributed by atoms with Gasteiger partial charge in [-0.1, -0.05) is 29.3 Å². The summed E-state index contributed by atoms with van der Waals surface area (Å²) in [4.78, 5) is 37.9. The average Bonchev–Trinajstić information content (AvgIpc) is 2.72. The first kappa shape index (κ1) is 23.2. The lowest BCUT2D eigenvalue weighted by Crippen LogP contribution is -2.34. The summed E-state index contributed by atoms with van der Waals surface area (Å²) in [5, 5.41) is 5.50. The molecule has 2 aromatic carbocycles. The monoisotopic (exact) mass is 431 g/mol. The summed E-state index contributed by atoms with van der Waals surface area (Å²) in [7, 11) is 0. The third kappa shape index (κ3) is 6.77. The van der Waals surface area contributed by atoms with E-state index in [4.69, 9.17) is 16.3 Å². The van der Waals surface area contributed by atoms with Gasteiger partial charge in [0.15, 0.2) is 6.61 Å². The number of rotatable bonds is 9. The van der Waals surface area contributed by atoms with Crippen molar-refractivity contribution < 1.29 is 19.1 Å². The van der Waals surface area contributed by atoms with E-state index in [0.717, 1.165) is 5.56 Å². The van der Waals surface area contributed by atoms with Gasteiger partial charge in [0.05, 0.1) is 11.6 Å². The minimum absolute atomic E-state index is 0.113. The lowest BCUT2D eigenvalue weighted by atomic mass is 10.1. The van der Waals surface area contributed by atoms with Crippen LogP contribution in [0.1, 0.15) is 29.8 Å². The Balaban J connectivity index is 1.86. The second kappa shape index (κ2) is 11.2. The standard InChI is InChI=1S/C22H26ClN3O4/c1-4-26(5-2)21(28)14-30-19-10-9-17(12-18(19)23)25-20(27)13-24-22(29)16-8-6-7-15(3)11-16/h6-12H,4-5,13-14H2,1-3H3,(H,24,29)(H,25,27). The third-order valence-electron chi connectivity index (χ3n) is 4.37. The van der Waals surface area contributed by atoms with Crippen molar-refractivity contribution in [2.75, 3.05) is 31.6 Å². The van der Waals surface area contributed by atoms with Crippen LogP contribution in [0.3, 0.4) is 0 Å². The van der Waals surface area contributed by atoms with E-state index in [9.17, 15) is 14.4 Å². The van der Waals surface area contributed by atoms with Gasteiger partial charge in [0.25, 0.3) is 11.8 Å². The Labute approximate surface area is 181 Å². The van der Waals surface area contributed by atoms with Gasteiger partial charge in [0, 0.05) is 24.3 Å². The molecule has 3 amide bonds. The molecule has 0 bridgehead atoms. The van der Waals surface area contributed by atoms with Gasteiger partial charge in [-0.2, -0.15) is 0 Å². The molecule has 0 aliphatic rings. The highest BCUT2D eigenvalue weighted by atomic mass is 35.5. The molecule has 0 aromatic heterocycles. The number of likely N-dealkylation sites (N-methyl/N-ethyl adjacent to an activating group) is 1. The van der Waals surface area contributed by atoms with Gasteiger partial charge < -0.3 is 20.3 Å². The van der Waals surface area contributed by atoms with Crippen LogP contribution in [0.15, 0.2) is 42.5 Å². The predicted molar refractivity (Wildman–Crippen MR) is 117 cm³/mol. The Morgan fingerprint density at radius 2 is 1.80 bits per heavy atom. The quantitative estimate of drug-likeness (QED) is 0.637. The number of amides is 3. The zero-order valence-electron chi connectivity index (χ0n) is 17.3. The summed E-state index contributed by atoms with van der Waals surface area (Å²) in [5.74, 6) is -0.494. The fourth-order valence-electron chi connectivity index (χ4n) is 2.76. The van der Waals surface area contributed by atoms with Crippen LogP contribution in [0, 0.1) is 6.92 Å². The lowest BCUT2D eigenvalue weighted by molar-refractivity contribution is -0.133. The molecule has 0 fully saturated rings. The van der Waals surface area contributed by atoms with Crippen molar-refractivity contribution in [2.45, 2.75) is 20.8 Å². The molecule has 30 heavy (non-hydrogen) atoms. The predicted octanol–water partition coefficient (Wildman–Crippen LogP) is 3.26. The van der Waals surface area contributed by atoms with Crippen molar-refractivity contribution in [3.05, 3.63) is 58.6 Å². The van der Waals surface area contributed by atoms with Crippen LogP contribution in [0.5, 0.6) is 5.75 Å². The largest absolute Gasteiger partial charge is 0.482 e. The molecule has 8 heteroatoms. The number of hydrogen-bond donors (Lipinski definition) is 2. The molecule has 7 nitrogen and oxygen atoms in total. The number of nitrogens with zero attached hydrogens (tertiary/aromatic N) is 1. The van der Waals surface area contributed by atoms with Crippen LogP contribution in [0.4, 0.5) is 5.69 Å². The molecule has 2 rings (SSSR count). The summed E-state index contributed by atoms with van der Waals surface area (Å²) in [6.45, 7) is 6.61. The van der Waals surface area contributed by atoms with E-state index < -0.39 is 5.91 Å². The smallest absolute Gasteiger partial charge is 0.260 e. The molecule has 160 valence electrons. The van der Waals surface area contributed by atoms with Crippen LogP contribution in [-0.2, 0) is 9.59 Å². The molecule has 0 saturated carbocycles. The number of anilines is 1. The van der Waals surface area contributed by atoms with Gasteiger partial charge in [-0.25, -0.2) is 0 Å². The van der Waals surface area contributed by atoms with E-state index in [1.54, 1.807) is 35.2 Å². The molecular weight excluding hydrogens is 406 g/mol. The maximum absolute atomic E-state index is 12.1. The van der Waals surface area contributed by atoms with Crippen molar-refractivity contribution in [2.24, 2.45) is 0 Å². The summed E-state index contributed by atoms with van der Waals surface area (Å²) in [6.07, 6.45) is 0. The molecule has 0 heterocycles. The molecule has 0 spiro atoms. The van der Waals surface area contributed by atoms with E-state index in [2.05, 4.69) is 10.6 Å². The number of nitrogens with one attached hydrogen (secondary N) is 2. The Kier molecular flexibility index (Phi) is 8.68. The second-order valence-electron chi connectivity index (χ2n) is 6.60. The van der Waals surface area contributed by atoms with E-state index in [1.165, 1.54) is 6.07 Å². The molecule has 0 atom stereocenters. The molecule has 0 unspecified atom stereocenters. The summed E-state index contributed by atoms with van der Waals surface area (Å²) in [6, 6.07) is 11.8. The van der Waals surface area contributed by atoms with E-state index in [-0.39, 0.29) is 30.0 Å². The van der Waals surface area contributed by atoms with Crippen molar-refractivity contribution in [3.63, 3.8) is 0 Å².